The third kappa shape index (κ3) is 5.84. The Bertz CT molecular complexity index is 730. The van der Waals surface area contributed by atoms with E-state index < -0.39 is 17.3 Å². The molecule has 10 heteroatoms. The average Bonchev–Trinajstić information content (AvgIpc) is 3.01. The molecule has 4 atom stereocenters. The van der Waals surface area contributed by atoms with Crippen molar-refractivity contribution in [2.75, 3.05) is 32.1 Å². The molecule has 3 amide bonds. The molecule has 1 fully saturated rings. The number of nitrogens with two attached hydrogens (primary N) is 2. The lowest BCUT2D eigenvalue weighted by Gasteiger charge is -2.27. The van der Waals surface area contributed by atoms with Gasteiger partial charge in [0, 0.05) is 37.5 Å². The number of likely N-dealkylation sites (N-methyl/N-ethyl adjacent to an activating group) is 1. The average molecular weight is 424 g/mol. The number of methoxy groups -OCH3 is 1. The molecular weight excluding hydrogens is 394 g/mol. The lowest BCUT2D eigenvalue weighted by molar-refractivity contribution is -0.131. The summed E-state index contributed by atoms with van der Waals surface area (Å²) in [5.41, 5.74) is 12.6. The van der Waals surface area contributed by atoms with Gasteiger partial charge in [0.05, 0.1) is 6.61 Å². The number of hydrogen-bond acceptors (Lipinski definition) is 7. The first kappa shape index (κ1) is 23.0. The van der Waals surface area contributed by atoms with Gasteiger partial charge in [-0.1, -0.05) is 0 Å². The highest BCUT2D eigenvalue weighted by Gasteiger charge is 2.44. The predicted octanol–water partition coefficient (Wildman–Crippen LogP) is -0.0342. The molecule has 9 nitrogen and oxygen atoms in total. The minimum Gasteiger partial charge on any atom is -0.383 e. The molecule has 1 saturated heterocycles. The summed E-state index contributed by atoms with van der Waals surface area (Å²) in [6.45, 7) is 4.92. The van der Waals surface area contributed by atoms with Gasteiger partial charge in [-0.05, 0) is 38.1 Å². The highest BCUT2D eigenvalue weighted by Crippen LogP contribution is 2.33. The highest BCUT2D eigenvalue weighted by molar-refractivity contribution is 8.01. The van der Waals surface area contributed by atoms with Gasteiger partial charge in [0.15, 0.2) is 0 Å². The number of carbonyl (C=O) groups excluding carboxylic acids is 3. The Kier molecular flexibility index (Phi) is 8.30. The van der Waals surface area contributed by atoms with Gasteiger partial charge in [-0.3, -0.25) is 14.4 Å². The fraction of sp³-hybridized carbons (Fsp3) is 0.526. The molecule has 2 unspecified atom stereocenters. The van der Waals surface area contributed by atoms with Gasteiger partial charge in [0.25, 0.3) is 0 Å². The van der Waals surface area contributed by atoms with Crippen molar-refractivity contribution < 1.29 is 19.1 Å². The van der Waals surface area contributed by atoms with Crippen molar-refractivity contribution in [3.63, 3.8) is 0 Å². The van der Waals surface area contributed by atoms with Crippen molar-refractivity contribution in [3.8, 4) is 0 Å². The second-order valence-corrected chi connectivity index (χ2v) is 8.18. The van der Waals surface area contributed by atoms with Gasteiger partial charge in [-0.2, -0.15) is 0 Å². The van der Waals surface area contributed by atoms with E-state index in [-0.39, 0.29) is 23.1 Å². The van der Waals surface area contributed by atoms with Crippen LogP contribution in [0.15, 0.2) is 24.3 Å². The first-order valence-electron chi connectivity index (χ1n) is 9.43. The zero-order valence-electron chi connectivity index (χ0n) is 16.9. The van der Waals surface area contributed by atoms with Gasteiger partial charge < -0.3 is 31.7 Å². The molecule has 0 saturated carbocycles. The Hall–Kier alpha value is -2.30. The van der Waals surface area contributed by atoms with Crippen molar-refractivity contribution in [1.82, 2.24) is 10.2 Å². The molecule has 1 aliphatic rings. The van der Waals surface area contributed by atoms with Crippen LogP contribution in [0.2, 0.25) is 0 Å². The van der Waals surface area contributed by atoms with Crippen molar-refractivity contribution in [2.45, 2.75) is 36.6 Å². The van der Waals surface area contributed by atoms with E-state index in [4.69, 9.17) is 16.2 Å². The number of thioether (sulfide) groups is 1. The predicted molar refractivity (Wildman–Crippen MR) is 113 cm³/mol. The highest BCUT2D eigenvalue weighted by atomic mass is 32.2. The topological polar surface area (TPSA) is 140 Å². The van der Waals surface area contributed by atoms with Gasteiger partial charge in [0.2, 0.25) is 17.7 Å². The molecule has 0 aliphatic carbocycles. The quantitative estimate of drug-likeness (QED) is 0.414. The molecule has 0 radical (unpaired) electrons. The van der Waals surface area contributed by atoms with Gasteiger partial charge >= 0.3 is 0 Å². The third-order valence-electron chi connectivity index (χ3n) is 4.59. The molecule has 2 rings (SSSR count). The van der Waals surface area contributed by atoms with Crippen molar-refractivity contribution in [2.24, 2.45) is 11.5 Å². The first-order valence-corrected chi connectivity index (χ1v) is 10.4. The van der Waals surface area contributed by atoms with E-state index in [9.17, 15) is 14.4 Å². The van der Waals surface area contributed by atoms with Crippen LogP contribution in [0.3, 0.4) is 0 Å². The fourth-order valence-electron chi connectivity index (χ4n) is 3.08. The van der Waals surface area contributed by atoms with E-state index in [2.05, 4.69) is 10.6 Å². The zero-order valence-corrected chi connectivity index (χ0v) is 17.7. The van der Waals surface area contributed by atoms with E-state index in [1.54, 1.807) is 36.3 Å². The van der Waals surface area contributed by atoms with Crippen LogP contribution < -0.4 is 22.1 Å². The maximum atomic E-state index is 12.8. The number of hydrogen-bond donors (Lipinski definition) is 4. The summed E-state index contributed by atoms with van der Waals surface area (Å²) in [6.07, 6.45) is 0. The standard InChI is InChI=1S/C19H29N5O4S/c1-4-24-18(27)14(9-22-13-7-5-12(6-8-13)16(21)25)29-19(24)15(20)17(26)23-11(2)10-28-3/h5-8,11,14-15,19,22H,4,9-10,20H2,1-3H3,(H2,21,25)(H,23,26)/t11?,14-,15-,19?/m1/s1. The SMILES string of the molecule is CCN1C(=O)[C@@H](CNc2ccc(C(N)=O)cc2)SC1[C@H](N)C(=O)NC(C)COC. The number of amides is 3. The van der Waals surface area contributed by atoms with Gasteiger partial charge in [-0.25, -0.2) is 0 Å². The Morgan fingerprint density at radius 2 is 1.97 bits per heavy atom. The summed E-state index contributed by atoms with van der Waals surface area (Å²) in [7, 11) is 1.56. The van der Waals surface area contributed by atoms with Crippen molar-refractivity contribution in [3.05, 3.63) is 29.8 Å². The lowest BCUT2D eigenvalue weighted by atomic mass is 10.2. The smallest absolute Gasteiger partial charge is 0.248 e. The summed E-state index contributed by atoms with van der Waals surface area (Å²) in [6, 6.07) is 5.69. The first-order chi connectivity index (χ1) is 13.8. The molecule has 29 heavy (non-hydrogen) atoms. The summed E-state index contributed by atoms with van der Waals surface area (Å²) < 4.78 is 5.02. The summed E-state index contributed by atoms with van der Waals surface area (Å²) in [4.78, 5) is 38.0. The number of rotatable bonds is 10. The van der Waals surface area contributed by atoms with Crippen LogP contribution in [0.4, 0.5) is 5.69 Å². The number of carbonyl (C=O) groups is 3. The third-order valence-corrected chi connectivity index (χ3v) is 6.11. The lowest BCUT2D eigenvalue weighted by Crippen LogP contribution is -2.54. The second-order valence-electron chi connectivity index (χ2n) is 6.85. The number of primary amides is 1. The molecule has 0 aromatic heterocycles. The van der Waals surface area contributed by atoms with E-state index in [0.29, 0.717) is 25.3 Å². The summed E-state index contributed by atoms with van der Waals surface area (Å²) in [5.74, 6) is -0.863. The van der Waals surface area contributed by atoms with Crippen LogP contribution in [-0.4, -0.2) is 72.1 Å². The van der Waals surface area contributed by atoms with Gasteiger partial charge in [-0.15, -0.1) is 11.8 Å². The van der Waals surface area contributed by atoms with E-state index >= 15 is 0 Å². The molecule has 1 heterocycles. The van der Waals surface area contributed by atoms with Crippen LogP contribution in [-0.2, 0) is 14.3 Å². The molecule has 1 aromatic carbocycles. The van der Waals surface area contributed by atoms with E-state index in [1.165, 1.54) is 11.8 Å². The summed E-state index contributed by atoms with van der Waals surface area (Å²) >= 11 is 1.38. The van der Waals surface area contributed by atoms with Crippen molar-refractivity contribution in [1.29, 1.82) is 0 Å². The molecule has 0 spiro atoms. The summed E-state index contributed by atoms with van der Waals surface area (Å²) in [5, 5.41) is 5.19. The normalized spacial score (nSPS) is 21.0. The van der Waals surface area contributed by atoms with Gasteiger partial charge in [0.1, 0.15) is 16.7 Å². The van der Waals surface area contributed by atoms with Crippen LogP contribution in [0.25, 0.3) is 0 Å². The molecule has 1 aromatic rings. The van der Waals surface area contributed by atoms with E-state index in [1.807, 2.05) is 13.8 Å². The fourth-order valence-corrected chi connectivity index (χ4v) is 4.54. The van der Waals surface area contributed by atoms with Crippen LogP contribution in [0, 0.1) is 0 Å². The van der Waals surface area contributed by atoms with Crippen LogP contribution in [0.1, 0.15) is 24.2 Å². The Morgan fingerprint density at radius 3 is 2.52 bits per heavy atom. The maximum absolute atomic E-state index is 12.8. The second kappa shape index (κ2) is 10.5. The molecule has 160 valence electrons. The maximum Gasteiger partial charge on any atom is 0.248 e. The number of nitrogens with one attached hydrogen (secondary N) is 2. The Balaban J connectivity index is 1.98. The van der Waals surface area contributed by atoms with E-state index in [0.717, 1.165) is 5.69 Å². The zero-order chi connectivity index (χ0) is 21.6. The Morgan fingerprint density at radius 1 is 1.31 bits per heavy atom. The van der Waals surface area contributed by atoms with Crippen molar-refractivity contribution >= 4 is 35.2 Å². The molecular formula is C19H29N5O4S. The Labute approximate surface area is 174 Å². The van der Waals surface area contributed by atoms with Crippen LogP contribution >= 0.6 is 11.8 Å². The minimum absolute atomic E-state index is 0.0584. The molecule has 0 bridgehead atoms. The monoisotopic (exact) mass is 423 g/mol. The minimum atomic E-state index is -0.844. The number of anilines is 1. The largest absolute Gasteiger partial charge is 0.383 e. The molecule has 1 aliphatic heterocycles. The molecule has 6 N–H and O–H groups in total. The number of nitrogens with zero attached hydrogens (tertiary/aromatic N) is 1. The number of benzene rings is 1. The van der Waals surface area contributed by atoms with Crippen LogP contribution in [0.5, 0.6) is 0 Å². The number of ether oxygens (including phenoxy) is 1.